The molecular weight excluding hydrogens is 146 g/mol. The van der Waals surface area contributed by atoms with Gasteiger partial charge in [0.25, 0.3) is 0 Å². The van der Waals surface area contributed by atoms with Crippen molar-refractivity contribution in [1.82, 2.24) is 14.8 Å². The third-order valence-electron chi connectivity index (χ3n) is 1.65. The van der Waals surface area contributed by atoms with Gasteiger partial charge in [-0.15, -0.1) is 10.2 Å². The number of thioether (sulfide) groups is 1. The molecule has 54 valence electrons. The first-order valence-electron chi connectivity index (χ1n) is 3.34. The molecule has 0 saturated heterocycles. The van der Waals surface area contributed by atoms with Crippen LogP contribution in [0, 0.1) is 6.92 Å². The minimum Gasteiger partial charge on any atom is -0.305 e. The van der Waals surface area contributed by atoms with Crippen LogP contribution in [0.5, 0.6) is 0 Å². The molecule has 0 aliphatic carbocycles. The van der Waals surface area contributed by atoms with E-state index in [1.807, 2.05) is 6.92 Å². The first-order valence-corrected chi connectivity index (χ1v) is 4.22. The first-order chi connectivity index (χ1) is 4.77. The quantitative estimate of drug-likeness (QED) is 0.561. The molecule has 0 radical (unpaired) electrons. The molecule has 0 fully saturated rings. The van der Waals surface area contributed by atoms with Crippen molar-refractivity contribution < 1.29 is 0 Å². The van der Waals surface area contributed by atoms with Crippen LogP contribution in [-0.2, 0) is 6.54 Å². The third kappa shape index (κ3) is 0.751. The molecule has 0 N–H and O–H groups in total. The molecule has 1 aliphatic rings. The van der Waals surface area contributed by atoms with E-state index < -0.39 is 0 Å². The van der Waals surface area contributed by atoms with Gasteiger partial charge in [-0.3, -0.25) is 0 Å². The van der Waals surface area contributed by atoms with E-state index in [0.29, 0.717) is 5.25 Å². The smallest absolute Gasteiger partial charge is 0.191 e. The zero-order valence-electron chi connectivity index (χ0n) is 6.03. The minimum absolute atomic E-state index is 0.671. The highest BCUT2D eigenvalue weighted by molar-refractivity contribution is 7.99. The van der Waals surface area contributed by atoms with Gasteiger partial charge in [0.1, 0.15) is 5.82 Å². The van der Waals surface area contributed by atoms with Gasteiger partial charge in [-0.25, -0.2) is 0 Å². The van der Waals surface area contributed by atoms with Gasteiger partial charge >= 0.3 is 0 Å². The highest BCUT2D eigenvalue weighted by atomic mass is 32.2. The van der Waals surface area contributed by atoms with Crippen LogP contribution in [-0.4, -0.2) is 20.0 Å². The van der Waals surface area contributed by atoms with Gasteiger partial charge in [-0.2, -0.15) is 0 Å². The number of aromatic nitrogens is 3. The molecule has 3 nitrogen and oxygen atoms in total. The van der Waals surface area contributed by atoms with E-state index in [9.17, 15) is 0 Å². The zero-order valence-corrected chi connectivity index (χ0v) is 6.85. The Morgan fingerprint density at radius 2 is 2.40 bits per heavy atom. The molecule has 4 heteroatoms. The summed E-state index contributed by atoms with van der Waals surface area (Å²) in [5.41, 5.74) is 0. The summed E-state index contributed by atoms with van der Waals surface area (Å²) < 4.78 is 2.16. The molecule has 0 amide bonds. The fraction of sp³-hybridized carbons (Fsp3) is 0.667. The lowest BCUT2D eigenvalue weighted by Gasteiger charge is -1.97. The van der Waals surface area contributed by atoms with Crippen LogP contribution in [0.25, 0.3) is 0 Å². The van der Waals surface area contributed by atoms with Crippen LogP contribution in [0.4, 0.5) is 0 Å². The summed E-state index contributed by atoms with van der Waals surface area (Å²) in [5, 5.41) is 9.73. The third-order valence-corrected chi connectivity index (χ3v) is 2.71. The maximum absolute atomic E-state index is 4.02. The lowest BCUT2D eigenvalue weighted by Crippen LogP contribution is -2.02. The van der Waals surface area contributed by atoms with Gasteiger partial charge in [-0.1, -0.05) is 18.7 Å². The van der Waals surface area contributed by atoms with Gasteiger partial charge in [0.2, 0.25) is 0 Å². The Labute approximate surface area is 63.8 Å². The van der Waals surface area contributed by atoms with E-state index in [0.717, 1.165) is 17.5 Å². The standard InChI is InChI=1S/C6H9N3S/c1-4-3-9-5(2)7-8-6(9)10-4/h4H,3H2,1-2H3. The van der Waals surface area contributed by atoms with Gasteiger partial charge < -0.3 is 4.57 Å². The Kier molecular flexibility index (Phi) is 1.23. The summed E-state index contributed by atoms with van der Waals surface area (Å²) in [7, 11) is 0. The maximum atomic E-state index is 4.02. The van der Waals surface area contributed by atoms with E-state index in [-0.39, 0.29) is 0 Å². The largest absolute Gasteiger partial charge is 0.305 e. The Bertz CT molecular complexity index is 255. The molecule has 0 bridgehead atoms. The topological polar surface area (TPSA) is 30.7 Å². The number of fused-ring (bicyclic) bond motifs is 1. The molecular formula is C6H9N3S. The van der Waals surface area contributed by atoms with Gasteiger partial charge in [0.15, 0.2) is 5.16 Å². The zero-order chi connectivity index (χ0) is 7.14. The summed E-state index contributed by atoms with van der Waals surface area (Å²) >= 11 is 1.80. The molecule has 1 atom stereocenters. The Morgan fingerprint density at radius 3 is 3.10 bits per heavy atom. The molecule has 1 aromatic rings. The van der Waals surface area contributed by atoms with Crippen molar-refractivity contribution in [2.75, 3.05) is 0 Å². The van der Waals surface area contributed by atoms with Gasteiger partial charge in [-0.05, 0) is 6.92 Å². The van der Waals surface area contributed by atoms with Crippen molar-refractivity contribution in [2.24, 2.45) is 0 Å². The van der Waals surface area contributed by atoms with Crippen LogP contribution in [0.3, 0.4) is 0 Å². The van der Waals surface area contributed by atoms with Crippen LogP contribution in [0.15, 0.2) is 5.16 Å². The monoisotopic (exact) mass is 155 g/mol. The Hall–Kier alpha value is -0.510. The summed E-state index contributed by atoms with van der Waals surface area (Å²) in [5.74, 6) is 1.03. The van der Waals surface area contributed by atoms with Crippen molar-refractivity contribution in [3.8, 4) is 0 Å². The van der Waals surface area contributed by atoms with Crippen molar-refractivity contribution in [3.63, 3.8) is 0 Å². The summed E-state index contributed by atoms with van der Waals surface area (Å²) in [6.45, 7) is 5.27. The number of hydrogen-bond donors (Lipinski definition) is 0. The SMILES string of the molecule is Cc1nnc2n1CC(C)S2. The first kappa shape index (κ1) is 6.22. The number of aryl methyl sites for hydroxylation is 1. The normalized spacial score (nSPS) is 23.2. The van der Waals surface area contributed by atoms with E-state index >= 15 is 0 Å². The predicted molar refractivity (Wildman–Crippen MR) is 40.1 cm³/mol. The fourth-order valence-corrected chi connectivity index (χ4v) is 2.14. The van der Waals surface area contributed by atoms with E-state index in [4.69, 9.17) is 0 Å². The van der Waals surface area contributed by atoms with Crippen LogP contribution in [0.2, 0.25) is 0 Å². The van der Waals surface area contributed by atoms with Gasteiger partial charge in [0, 0.05) is 11.8 Å². The highest BCUT2D eigenvalue weighted by Crippen LogP contribution is 2.30. The number of nitrogens with zero attached hydrogens (tertiary/aromatic N) is 3. The van der Waals surface area contributed by atoms with Crippen LogP contribution in [0.1, 0.15) is 12.7 Å². The lowest BCUT2D eigenvalue weighted by atomic mass is 10.4. The second kappa shape index (κ2) is 1.99. The second-order valence-corrected chi connectivity index (χ2v) is 3.97. The minimum atomic E-state index is 0.671. The molecule has 1 aliphatic heterocycles. The highest BCUT2D eigenvalue weighted by Gasteiger charge is 2.21. The Balaban J connectivity index is 2.44. The van der Waals surface area contributed by atoms with E-state index in [2.05, 4.69) is 21.7 Å². The molecule has 0 aromatic carbocycles. The molecule has 2 heterocycles. The summed E-state index contributed by atoms with van der Waals surface area (Å²) in [6.07, 6.45) is 0. The number of hydrogen-bond acceptors (Lipinski definition) is 3. The molecule has 0 spiro atoms. The predicted octanol–water partition coefficient (Wildman–Crippen LogP) is 1.08. The maximum Gasteiger partial charge on any atom is 0.191 e. The molecule has 2 rings (SSSR count). The molecule has 1 unspecified atom stereocenters. The van der Waals surface area contributed by atoms with Crippen molar-refractivity contribution in [3.05, 3.63) is 5.82 Å². The average Bonchev–Trinajstić information content (AvgIpc) is 2.35. The van der Waals surface area contributed by atoms with Gasteiger partial charge in [0.05, 0.1) is 0 Å². The molecule has 1 aromatic heterocycles. The van der Waals surface area contributed by atoms with Crippen molar-refractivity contribution >= 4 is 11.8 Å². The van der Waals surface area contributed by atoms with Crippen molar-refractivity contribution in [1.29, 1.82) is 0 Å². The second-order valence-electron chi connectivity index (χ2n) is 2.57. The number of rotatable bonds is 0. The van der Waals surface area contributed by atoms with E-state index in [1.54, 1.807) is 11.8 Å². The Morgan fingerprint density at radius 1 is 1.60 bits per heavy atom. The fourth-order valence-electron chi connectivity index (χ4n) is 1.13. The van der Waals surface area contributed by atoms with Crippen LogP contribution >= 0.6 is 11.8 Å². The average molecular weight is 155 g/mol. The van der Waals surface area contributed by atoms with Crippen LogP contribution < -0.4 is 0 Å². The summed E-state index contributed by atoms with van der Waals surface area (Å²) in [4.78, 5) is 0. The van der Waals surface area contributed by atoms with Crippen molar-refractivity contribution in [2.45, 2.75) is 30.8 Å². The molecule has 10 heavy (non-hydrogen) atoms. The molecule has 0 saturated carbocycles. The lowest BCUT2D eigenvalue weighted by molar-refractivity contribution is 0.650. The van der Waals surface area contributed by atoms with E-state index in [1.165, 1.54) is 0 Å². The summed E-state index contributed by atoms with van der Waals surface area (Å²) in [6, 6.07) is 0.